The Bertz CT molecular complexity index is 388. The van der Waals surface area contributed by atoms with Crippen LogP contribution in [0.25, 0.3) is 0 Å². The van der Waals surface area contributed by atoms with Gasteiger partial charge in [-0.1, -0.05) is 13.8 Å². The molecule has 0 unspecified atom stereocenters. The van der Waals surface area contributed by atoms with Crippen LogP contribution in [0, 0.1) is 5.92 Å². The molecule has 0 saturated carbocycles. The van der Waals surface area contributed by atoms with Gasteiger partial charge in [0, 0.05) is 31.9 Å². The molecule has 0 bridgehead atoms. The van der Waals surface area contributed by atoms with E-state index in [0.717, 1.165) is 5.82 Å². The van der Waals surface area contributed by atoms with E-state index in [1.54, 1.807) is 18.3 Å². The Morgan fingerprint density at radius 1 is 1.35 bits per heavy atom. The number of nitrogens with zero attached hydrogens (tertiary/aromatic N) is 2. The topological polar surface area (TPSA) is 45.2 Å². The first-order valence-electron chi connectivity index (χ1n) is 5.86. The quantitative estimate of drug-likeness (QED) is 0.867. The molecule has 0 aliphatic carbocycles. The Labute approximate surface area is 103 Å². The van der Waals surface area contributed by atoms with Gasteiger partial charge in [-0.2, -0.15) is 0 Å². The van der Waals surface area contributed by atoms with Gasteiger partial charge in [0.25, 0.3) is 5.91 Å². The lowest BCUT2D eigenvalue weighted by molar-refractivity contribution is 0.0930. The van der Waals surface area contributed by atoms with Gasteiger partial charge in [-0.15, -0.1) is 0 Å². The van der Waals surface area contributed by atoms with Crippen molar-refractivity contribution in [3.63, 3.8) is 0 Å². The fourth-order valence-electron chi connectivity index (χ4n) is 1.26. The normalized spacial score (nSPS) is 12.4. The predicted molar refractivity (Wildman–Crippen MR) is 70.3 cm³/mol. The molecular formula is C13H21N3O. The number of pyridine rings is 1. The van der Waals surface area contributed by atoms with Gasteiger partial charge < -0.3 is 10.2 Å². The number of nitrogens with one attached hydrogen (secondary N) is 1. The first-order chi connectivity index (χ1) is 7.91. The van der Waals surface area contributed by atoms with Crippen molar-refractivity contribution < 1.29 is 4.79 Å². The molecule has 94 valence electrons. The number of anilines is 1. The van der Waals surface area contributed by atoms with Crippen molar-refractivity contribution in [3.8, 4) is 0 Å². The fourth-order valence-corrected chi connectivity index (χ4v) is 1.26. The molecule has 1 N–H and O–H groups in total. The van der Waals surface area contributed by atoms with Crippen molar-refractivity contribution in [2.75, 3.05) is 19.0 Å². The molecule has 1 amide bonds. The molecule has 0 aliphatic rings. The largest absolute Gasteiger partial charge is 0.363 e. The fraction of sp³-hybridized carbons (Fsp3) is 0.538. The number of carbonyl (C=O) groups excluding carboxylic acids is 1. The summed E-state index contributed by atoms with van der Waals surface area (Å²) in [6.45, 7) is 6.18. The highest BCUT2D eigenvalue weighted by atomic mass is 16.1. The van der Waals surface area contributed by atoms with Crippen LogP contribution < -0.4 is 10.2 Å². The highest BCUT2D eigenvalue weighted by Crippen LogP contribution is 2.10. The Morgan fingerprint density at radius 3 is 2.53 bits per heavy atom. The molecule has 4 heteroatoms. The molecule has 1 aromatic rings. The lowest BCUT2D eigenvalue weighted by Crippen LogP contribution is -2.36. The number of aromatic nitrogens is 1. The molecule has 1 rings (SSSR count). The van der Waals surface area contributed by atoms with E-state index < -0.39 is 0 Å². The maximum Gasteiger partial charge on any atom is 0.251 e. The van der Waals surface area contributed by atoms with Crippen LogP contribution in [0.1, 0.15) is 31.1 Å². The summed E-state index contributed by atoms with van der Waals surface area (Å²) < 4.78 is 0. The third-order valence-corrected chi connectivity index (χ3v) is 2.82. The molecule has 0 fully saturated rings. The van der Waals surface area contributed by atoms with Crippen LogP contribution in [0.2, 0.25) is 0 Å². The summed E-state index contributed by atoms with van der Waals surface area (Å²) in [5.41, 5.74) is 0.649. The van der Waals surface area contributed by atoms with E-state index in [2.05, 4.69) is 24.1 Å². The van der Waals surface area contributed by atoms with Gasteiger partial charge in [0.2, 0.25) is 0 Å². The van der Waals surface area contributed by atoms with Crippen molar-refractivity contribution in [2.24, 2.45) is 5.92 Å². The highest BCUT2D eigenvalue weighted by Gasteiger charge is 2.13. The van der Waals surface area contributed by atoms with Gasteiger partial charge in [-0.3, -0.25) is 4.79 Å². The lowest BCUT2D eigenvalue weighted by atomic mass is 10.1. The maximum absolute atomic E-state index is 12.0. The zero-order valence-electron chi connectivity index (χ0n) is 11.2. The van der Waals surface area contributed by atoms with E-state index in [1.807, 2.05) is 25.9 Å². The Balaban J connectivity index is 2.79. The van der Waals surface area contributed by atoms with Crippen LogP contribution in [0.15, 0.2) is 18.3 Å². The SMILES string of the molecule is CC(C)[C@@H](C)NC(=O)c1ccnc(N(C)C)c1. The van der Waals surface area contributed by atoms with Gasteiger partial charge in [0.05, 0.1) is 0 Å². The number of amides is 1. The average Bonchev–Trinajstić information content (AvgIpc) is 2.28. The number of hydrogen-bond acceptors (Lipinski definition) is 3. The van der Waals surface area contributed by atoms with Crippen molar-refractivity contribution in [1.82, 2.24) is 10.3 Å². The average molecular weight is 235 g/mol. The summed E-state index contributed by atoms with van der Waals surface area (Å²) in [5, 5.41) is 2.98. The summed E-state index contributed by atoms with van der Waals surface area (Å²) in [4.78, 5) is 18.0. The van der Waals surface area contributed by atoms with Gasteiger partial charge in [-0.25, -0.2) is 4.98 Å². The zero-order valence-corrected chi connectivity index (χ0v) is 11.2. The number of hydrogen-bond donors (Lipinski definition) is 1. The van der Waals surface area contributed by atoms with Crippen LogP contribution in [0.4, 0.5) is 5.82 Å². The van der Waals surface area contributed by atoms with E-state index in [1.165, 1.54) is 0 Å². The van der Waals surface area contributed by atoms with Crippen LogP contribution in [0.5, 0.6) is 0 Å². The summed E-state index contributed by atoms with van der Waals surface area (Å²) in [6.07, 6.45) is 1.66. The number of rotatable bonds is 4. The first kappa shape index (κ1) is 13.5. The molecule has 1 heterocycles. The molecule has 0 spiro atoms. The summed E-state index contributed by atoms with van der Waals surface area (Å²) in [6, 6.07) is 3.69. The van der Waals surface area contributed by atoms with E-state index in [0.29, 0.717) is 11.5 Å². The second-order valence-corrected chi connectivity index (χ2v) is 4.80. The van der Waals surface area contributed by atoms with Crippen LogP contribution in [0.3, 0.4) is 0 Å². The van der Waals surface area contributed by atoms with Crippen LogP contribution in [-0.4, -0.2) is 31.0 Å². The van der Waals surface area contributed by atoms with Gasteiger partial charge in [0.15, 0.2) is 0 Å². The monoisotopic (exact) mass is 235 g/mol. The van der Waals surface area contributed by atoms with Crippen molar-refractivity contribution in [3.05, 3.63) is 23.9 Å². The second kappa shape index (κ2) is 5.66. The lowest BCUT2D eigenvalue weighted by Gasteiger charge is -2.18. The summed E-state index contributed by atoms with van der Waals surface area (Å²) in [5.74, 6) is 1.17. The number of carbonyl (C=O) groups is 1. The van der Waals surface area contributed by atoms with Gasteiger partial charge in [-0.05, 0) is 25.0 Å². The predicted octanol–water partition coefficient (Wildman–Crippen LogP) is 1.92. The molecule has 4 nitrogen and oxygen atoms in total. The van der Waals surface area contributed by atoms with Crippen molar-refractivity contribution >= 4 is 11.7 Å². The Morgan fingerprint density at radius 2 is 2.00 bits per heavy atom. The molecule has 0 aliphatic heterocycles. The molecule has 0 saturated heterocycles. The maximum atomic E-state index is 12.0. The second-order valence-electron chi connectivity index (χ2n) is 4.80. The summed E-state index contributed by atoms with van der Waals surface area (Å²) in [7, 11) is 3.81. The van der Waals surface area contributed by atoms with Crippen molar-refractivity contribution in [1.29, 1.82) is 0 Å². The molecular weight excluding hydrogens is 214 g/mol. The summed E-state index contributed by atoms with van der Waals surface area (Å²) >= 11 is 0. The van der Waals surface area contributed by atoms with Gasteiger partial charge >= 0.3 is 0 Å². The molecule has 0 radical (unpaired) electrons. The van der Waals surface area contributed by atoms with Gasteiger partial charge in [0.1, 0.15) is 5.82 Å². The standard InChI is InChI=1S/C13H21N3O/c1-9(2)10(3)15-13(17)11-6-7-14-12(8-11)16(4)5/h6-10H,1-5H3,(H,15,17)/t10-/m1/s1. The Kier molecular flexibility index (Phi) is 4.49. The molecule has 1 aromatic heterocycles. The highest BCUT2D eigenvalue weighted by molar-refractivity contribution is 5.95. The smallest absolute Gasteiger partial charge is 0.251 e. The van der Waals surface area contributed by atoms with E-state index in [-0.39, 0.29) is 11.9 Å². The Hall–Kier alpha value is -1.58. The van der Waals surface area contributed by atoms with Crippen molar-refractivity contribution in [2.45, 2.75) is 26.8 Å². The van der Waals surface area contributed by atoms with E-state index in [9.17, 15) is 4.79 Å². The third kappa shape index (κ3) is 3.73. The van der Waals surface area contributed by atoms with E-state index in [4.69, 9.17) is 0 Å². The molecule has 17 heavy (non-hydrogen) atoms. The molecule has 1 atom stereocenters. The minimum atomic E-state index is -0.0447. The first-order valence-corrected chi connectivity index (χ1v) is 5.86. The minimum absolute atomic E-state index is 0.0447. The molecule has 0 aromatic carbocycles. The van der Waals surface area contributed by atoms with Crippen LogP contribution in [-0.2, 0) is 0 Å². The minimum Gasteiger partial charge on any atom is -0.363 e. The van der Waals surface area contributed by atoms with Crippen LogP contribution >= 0.6 is 0 Å². The third-order valence-electron chi connectivity index (χ3n) is 2.82. The zero-order chi connectivity index (χ0) is 13.0. The van der Waals surface area contributed by atoms with E-state index >= 15 is 0 Å².